The Bertz CT molecular complexity index is 612. The van der Waals surface area contributed by atoms with Crippen molar-refractivity contribution in [1.82, 2.24) is 4.98 Å². The van der Waals surface area contributed by atoms with Crippen LogP contribution in [0.1, 0.15) is 5.69 Å². The van der Waals surface area contributed by atoms with E-state index in [4.69, 9.17) is 40.1 Å². The fourth-order valence-corrected chi connectivity index (χ4v) is 2.30. The number of nitriles is 1. The van der Waals surface area contributed by atoms with E-state index >= 15 is 0 Å². The van der Waals surface area contributed by atoms with Gasteiger partial charge in [-0.3, -0.25) is 4.98 Å². The van der Waals surface area contributed by atoms with E-state index < -0.39 is 0 Å². The Morgan fingerprint density at radius 2 is 1.72 bits per heavy atom. The van der Waals surface area contributed by atoms with E-state index in [-0.39, 0.29) is 6.42 Å². The zero-order chi connectivity index (χ0) is 13.1. The third-order valence-corrected chi connectivity index (χ3v) is 3.04. The fraction of sp³-hybridized carbons (Fsp3) is 0.0769. The Hall–Kier alpha value is -1.27. The fourth-order valence-electron chi connectivity index (χ4n) is 1.56. The highest BCUT2D eigenvalue weighted by Crippen LogP contribution is 2.30. The van der Waals surface area contributed by atoms with Gasteiger partial charge in [0.25, 0.3) is 0 Å². The van der Waals surface area contributed by atoms with Crippen LogP contribution < -0.4 is 0 Å². The molecule has 0 aliphatic carbocycles. The van der Waals surface area contributed by atoms with Crippen molar-refractivity contribution in [2.75, 3.05) is 0 Å². The summed E-state index contributed by atoms with van der Waals surface area (Å²) in [4.78, 5) is 4.34. The predicted molar refractivity (Wildman–Crippen MR) is 74.0 cm³/mol. The van der Waals surface area contributed by atoms with Crippen molar-refractivity contribution in [1.29, 1.82) is 5.26 Å². The second-order valence-corrected chi connectivity index (χ2v) is 4.91. The molecule has 2 nitrogen and oxygen atoms in total. The van der Waals surface area contributed by atoms with Crippen LogP contribution in [0.25, 0.3) is 11.3 Å². The van der Waals surface area contributed by atoms with Gasteiger partial charge in [0, 0.05) is 15.6 Å². The highest BCUT2D eigenvalue weighted by molar-refractivity contribution is 6.36. The van der Waals surface area contributed by atoms with Crippen LogP contribution in [0.5, 0.6) is 0 Å². The summed E-state index contributed by atoms with van der Waals surface area (Å²) in [7, 11) is 0. The monoisotopic (exact) mass is 296 g/mol. The van der Waals surface area contributed by atoms with Crippen LogP contribution in [-0.4, -0.2) is 4.98 Å². The van der Waals surface area contributed by atoms with Crippen molar-refractivity contribution in [3.63, 3.8) is 0 Å². The van der Waals surface area contributed by atoms with Crippen molar-refractivity contribution in [3.8, 4) is 17.3 Å². The lowest BCUT2D eigenvalue weighted by atomic mass is 10.1. The van der Waals surface area contributed by atoms with Crippen molar-refractivity contribution in [2.24, 2.45) is 0 Å². The van der Waals surface area contributed by atoms with Gasteiger partial charge >= 0.3 is 0 Å². The molecule has 90 valence electrons. The van der Waals surface area contributed by atoms with Crippen molar-refractivity contribution in [3.05, 3.63) is 51.1 Å². The minimum Gasteiger partial charge on any atom is -0.250 e. The second kappa shape index (κ2) is 5.58. The topological polar surface area (TPSA) is 36.7 Å². The Morgan fingerprint density at radius 3 is 2.33 bits per heavy atom. The molecule has 2 aromatic rings. The lowest BCUT2D eigenvalue weighted by Crippen LogP contribution is -1.92. The molecular formula is C13H7Cl3N2. The van der Waals surface area contributed by atoms with E-state index in [0.29, 0.717) is 26.5 Å². The molecule has 0 radical (unpaired) electrons. The minimum atomic E-state index is 0.235. The van der Waals surface area contributed by atoms with Gasteiger partial charge in [0.05, 0.1) is 28.9 Å². The number of nitrogens with zero attached hydrogens (tertiary/aromatic N) is 2. The molecule has 5 heteroatoms. The quantitative estimate of drug-likeness (QED) is 0.800. The van der Waals surface area contributed by atoms with Gasteiger partial charge in [0.2, 0.25) is 0 Å². The zero-order valence-electron chi connectivity index (χ0n) is 9.12. The van der Waals surface area contributed by atoms with Crippen molar-refractivity contribution < 1.29 is 0 Å². The molecular weight excluding hydrogens is 291 g/mol. The SMILES string of the molecule is N#CCc1ccc(Cl)c(-c2cc(Cl)cc(Cl)c2)n1. The highest BCUT2D eigenvalue weighted by atomic mass is 35.5. The Kier molecular flexibility index (Phi) is 4.08. The van der Waals surface area contributed by atoms with Crippen LogP contribution >= 0.6 is 34.8 Å². The standard InChI is InChI=1S/C13H7Cl3N2/c14-9-5-8(6-10(15)7-9)13-12(16)2-1-11(18-13)3-4-17/h1-2,5-7H,3H2. The highest BCUT2D eigenvalue weighted by Gasteiger charge is 2.08. The molecule has 0 atom stereocenters. The van der Waals surface area contributed by atoms with Crippen LogP contribution in [-0.2, 0) is 6.42 Å². The molecule has 0 saturated heterocycles. The largest absolute Gasteiger partial charge is 0.250 e. The molecule has 0 spiro atoms. The van der Waals surface area contributed by atoms with Crippen LogP contribution in [0.4, 0.5) is 0 Å². The first kappa shape index (κ1) is 13.2. The van der Waals surface area contributed by atoms with Crippen LogP contribution in [0.2, 0.25) is 15.1 Å². The molecule has 1 aromatic carbocycles. The molecule has 1 aromatic heterocycles. The molecule has 2 rings (SSSR count). The Morgan fingerprint density at radius 1 is 1.06 bits per heavy atom. The number of hydrogen-bond acceptors (Lipinski definition) is 2. The summed E-state index contributed by atoms with van der Waals surface area (Å²) in [6.45, 7) is 0. The Balaban J connectivity index is 2.55. The second-order valence-electron chi connectivity index (χ2n) is 3.63. The maximum absolute atomic E-state index is 8.67. The molecule has 18 heavy (non-hydrogen) atoms. The normalized spacial score (nSPS) is 10.1. The molecule has 0 aliphatic heterocycles. The Labute approximate surface area is 120 Å². The maximum Gasteiger partial charge on any atom is 0.0892 e. The number of pyridine rings is 1. The van der Waals surface area contributed by atoms with E-state index in [2.05, 4.69) is 4.98 Å². The van der Waals surface area contributed by atoms with E-state index in [9.17, 15) is 0 Å². The average molecular weight is 298 g/mol. The van der Waals surface area contributed by atoms with Gasteiger partial charge in [-0.05, 0) is 30.3 Å². The van der Waals surface area contributed by atoms with Crippen molar-refractivity contribution >= 4 is 34.8 Å². The number of benzene rings is 1. The van der Waals surface area contributed by atoms with Gasteiger partial charge in [-0.15, -0.1) is 0 Å². The molecule has 0 unspecified atom stereocenters. The first-order valence-electron chi connectivity index (χ1n) is 5.09. The summed E-state index contributed by atoms with van der Waals surface area (Å²) < 4.78 is 0. The van der Waals surface area contributed by atoms with E-state index in [1.54, 1.807) is 30.3 Å². The van der Waals surface area contributed by atoms with Gasteiger partial charge in [-0.25, -0.2) is 0 Å². The third kappa shape index (κ3) is 2.94. The first-order chi connectivity index (χ1) is 8.60. The van der Waals surface area contributed by atoms with Gasteiger partial charge in [-0.2, -0.15) is 5.26 Å². The molecule has 0 saturated carbocycles. The summed E-state index contributed by atoms with van der Waals surface area (Å²) >= 11 is 18.0. The molecule has 1 heterocycles. The summed E-state index contributed by atoms with van der Waals surface area (Å²) in [5.41, 5.74) is 1.97. The van der Waals surface area contributed by atoms with Crippen LogP contribution in [0, 0.1) is 11.3 Å². The predicted octanol–water partition coefficient (Wildman–Crippen LogP) is 4.77. The van der Waals surface area contributed by atoms with E-state index in [1.165, 1.54) is 0 Å². The lowest BCUT2D eigenvalue weighted by molar-refractivity contribution is 1.12. The number of aromatic nitrogens is 1. The van der Waals surface area contributed by atoms with Crippen LogP contribution in [0.15, 0.2) is 30.3 Å². The molecule has 0 aliphatic rings. The van der Waals surface area contributed by atoms with Gasteiger partial charge in [-0.1, -0.05) is 34.8 Å². The third-order valence-electron chi connectivity index (χ3n) is 2.30. The minimum absolute atomic E-state index is 0.235. The van der Waals surface area contributed by atoms with E-state index in [1.807, 2.05) is 6.07 Å². The lowest BCUT2D eigenvalue weighted by Gasteiger charge is -2.06. The zero-order valence-corrected chi connectivity index (χ0v) is 11.4. The maximum atomic E-state index is 8.67. The van der Waals surface area contributed by atoms with Gasteiger partial charge in [0.1, 0.15) is 0 Å². The van der Waals surface area contributed by atoms with Crippen LogP contribution in [0.3, 0.4) is 0 Å². The smallest absolute Gasteiger partial charge is 0.0892 e. The average Bonchev–Trinajstić information content (AvgIpc) is 2.30. The summed E-state index contributed by atoms with van der Waals surface area (Å²) in [6.07, 6.45) is 0.235. The molecule has 0 fully saturated rings. The van der Waals surface area contributed by atoms with Gasteiger partial charge < -0.3 is 0 Å². The summed E-state index contributed by atoms with van der Waals surface area (Å²) in [6, 6.07) is 10.6. The molecule has 0 N–H and O–H groups in total. The molecule has 0 bridgehead atoms. The summed E-state index contributed by atoms with van der Waals surface area (Å²) in [5, 5.41) is 10.2. The van der Waals surface area contributed by atoms with E-state index in [0.717, 1.165) is 5.56 Å². The first-order valence-corrected chi connectivity index (χ1v) is 6.22. The van der Waals surface area contributed by atoms with Crippen molar-refractivity contribution in [2.45, 2.75) is 6.42 Å². The summed E-state index contributed by atoms with van der Waals surface area (Å²) in [5.74, 6) is 0. The number of halogens is 3. The number of rotatable bonds is 2. The van der Waals surface area contributed by atoms with Gasteiger partial charge in [0.15, 0.2) is 0 Å². The number of hydrogen-bond donors (Lipinski definition) is 0. The molecule has 0 amide bonds.